The molecule has 1 N–H and O–H groups in total. The molecule has 0 saturated heterocycles. The van der Waals surface area contributed by atoms with E-state index in [1.165, 1.54) is 19.3 Å². The first-order valence-electron chi connectivity index (χ1n) is 6.42. The Hall–Kier alpha value is -0.830. The highest BCUT2D eigenvalue weighted by atomic mass is 16.3. The van der Waals surface area contributed by atoms with Crippen LogP contribution in [0.5, 0.6) is 0 Å². The highest BCUT2D eigenvalue weighted by Gasteiger charge is 2.67. The van der Waals surface area contributed by atoms with Crippen LogP contribution in [0, 0.1) is 29.6 Å². The maximum Gasteiger partial charge on any atom is 0.137 e. The second-order valence-corrected chi connectivity index (χ2v) is 5.91. The predicted octanol–water partition coefficient (Wildman–Crippen LogP) is 1.75. The van der Waals surface area contributed by atoms with E-state index >= 15 is 0 Å². The van der Waals surface area contributed by atoms with Gasteiger partial charge in [0.1, 0.15) is 11.9 Å². The highest BCUT2D eigenvalue weighted by molar-refractivity contribution is 5.17. The lowest BCUT2D eigenvalue weighted by molar-refractivity contribution is 0.118. The third-order valence-electron chi connectivity index (χ3n) is 5.28. The average Bonchev–Trinajstić information content (AvgIpc) is 2.67. The maximum absolute atomic E-state index is 10.4. The molecule has 1 aromatic rings. The van der Waals surface area contributed by atoms with Crippen LogP contribution in [0.25, 0.3) is 0 Å². The molecule has 3 heteroatoms. The van der Waals surface area contributed by atoms with Gasteiger partial charge < -0.3 is 9.67 Å². The zero-order valence-electron chi connectivity index (χ0n) is 9.58. The SMILES string of the molecule is Cn1ccnc1C(O)C1C2C3CCC(C3)C21. The molecule has 1 heterocycles. The van der Waals surface area contributed by atoms with E-state index in [1.807, 2.05) is 17.8 Å². The number of nitrogens with zero attached hydrogens (tertiary/aromatic N) is 2. The first-order chi connectivity index (χ1) is 7.77. The molecule has 0 radical (unpaired) electrons. The van der Waals surface area contributed by atoms with Gasteiger partial charge in [-0.2, -0.15) is 0 Å². The Morgan fingerprint density at radius 2 is 2.06 bits per heavy atom. The van der Waals surface area contributed by atoms with Crippen molar-refractivity contribution in [3.8, 4) is 0 Å². The fraction of sp³-hybridized carbons (Fsp3) is 0.769. The van der Waals surface area contributed by atoms with Crippen molar-refractivity contribution < 1.29 is 5.11 Å². The number of imidazole rings is 1. The van der Waals surface area contributed by atoms with E-state index in [0.717, 1.165) is 29.5 Å². The Balaban J connectivity index is 1.59. The normalized spacial score (nSPS) is 45.8. The number of rotatable bonds is 2. The van der Waals surface area contributed by atoms with Crippen LogP contribution in [0.1, 0.15) is 31.2 Å². The Labute approximate surface area is 95.5 Å². The molecule has 5 atom stereocenters. The fourth-order valence-corrected chi connectivity index (χ4v) is 4.65. The number of aliphatic hydroxyl groups excluding tert-OH is 1. The Kier molecular flexibility index (Phi) is 1.67. The summed E-state index contributed by atoms with van der Waals surface area (Å²) in [4.78, 5) is 4.29. The summed E-state index contributed by atoms with van der Waals surface area (Å²) in [6, 6.07) is 0. The van der Waals surface area contributed by atoms with Crippen molar-refractivity contribution in [3.05, 3.63) is 18.2 Å². The van der Waals surface area contributed by atoms with Crippen LogP contribution in [0.15, 0.2) is 12.4 Å². The summed E-state index contributed by atoms with van der Waals surface area (Å²) in [5.74, 6) is 4.88. The molecule has 3 aliphatic carbocycles. The number of aliphatic hydroxyl groups is 1. The molecule has 3 fully saturated rings. The van der Waals surface area contributed by atoms with Crippen molar-refractivity contribution in [1.82, 2.24) is 9.55 Å². The molecule has 0 amide bonds. The summed E-state index contributed by atoms with van der Waals surface area (Å²) >= 11 is 0. The van der Waals surface area contributed by atoms with Gasteiger partial charge in [-0.15, -0.1) is 0 Å². The van der Waals surface area contributed by atoms with Gasteiger partial charge in [0.25, 0.3) is 0 Å². The van der Waals surface area contributed by atoms with Crippen LogP contribution in [-0.4, -0.2) is 14.7 Å². The Morgan fingerprint density at radius 3 is 2.62 bits per heavy atom. The molecule has 3 aliphatic rings. The summed E-state index contributed by atoms with van der Waals surface area (Å²) < 4.78 is 1.96. The summed E-state index contributed by atoms with van der Waals surface area (Å²) in [5.41, 5.74) is 0. The number of fused-ring (bicyclic) bond motifs is 5. The van der Waals surface area contributed by atoms with Crippen molar-refractivity contribution in [2.75, 3.05) is 0 Å². The zero-order valence-corrected chi connectivity index (χ0v) is 9.58. The first kappa shape index (κ1) is 9.23. The second-order valence-electron chi connectivity index (χ2n) is 5.91. The summed E-state index contributed by atoms with van der Waals surface area (Å²) in [6.07, 6.45) is 7.65. The van der Waals surface area contributed by atoms with Gasteiger partial charge in [-0.1, -0.05) is 0 Å². The Bertz CT molecular complexity index is 411. The summed E-state index contributed by atoms with van der Waals surface area (Å²) in [6.45, 7) is 0. The molecular formula is C13H18N2O. The summed E-state index contributed by atoms with van der Waals surface area (Å²) in [5, 5.41) is 10.4. The third-order valence-corrected chi connectivity index (χ3v) is 5.28. The average molecular weight is 218 g/mol. The van der Waals surface area contributed by atoms with Crippen molar-refractivity contribution in [1.29, 1.82) is 0 Å². The van der Waals surface area contributed by atoms with Crippen LogP contribution in [0.2, 0.25) is 0 Å². The largest absolute Gasteiger partial charge is 0.385 e. The lowest BCUT2D eigenvalue weighted by Gasteiger charge is -2.14. The maximum atomic E-state index is 10.4. The van der Waals surface area contributed by atoms with Crippen molar-refractivity contribution >= 4 is 0 Å². The fourth-order valence-electron chi connectivity index (χ4n) is 4.65. The van der Waals surface area contributed by atoms with E-state index in [4.69, 9.17) is 0 Å². The standard InChI is InChI=1S/C13H18N2O/c1-15-5-4-14-13(15)12(16)11-9-7-2-3-8(6-7)10(9)11/h4-5,7-12,16H,2-3,6H2,1H3. The molecule has 0 spiro atoms. The van der Waals surface area contributed by atoms with Gasteiger partial charge in [-0.05, 0) is 48.9 Å². The molecule has 16 heavy (non-hydrogen) atoms. The van der Waals surface area contributed by atoms with Crippen LogP contribution >= 0.6 is 0 Å². The van der Waals surface area contributed by atoms with Gasteiger partial charge >= 0.3 is 0 Å². The van der Waals surface area contributed by atoms with Crippen molar-refractivity contribution in [2.45, 2.75) is 25.4 Å². The molecule has 3 nitrogen and oxygen atoms in total. The lowest BCUT2D eigenvalue weighted by Crippen LogP contribution is -2.12. The van der Waals surface area contributed by atoms with E-state index in [-0.39, 0.29) is 6.10 Å². The van der Waals surface area contributed by atoms with E-state index in [2.05, 4.69) is 4.98 Å². The monoisotopic (exact) mass is 218 g/mol. The van der Waals surface area contributed by atoms with Gasteiger partial charge in [-0.25, -0.2) is 4.98 Å². The number of hydrogen-bond acceptors (Lipinski definition) is 2. The predicted molar refractivity (Wildman–Crippen MR) is 59.5 cm³/mol. The van der Waals surface area contributed by atoms with E-state index < -0.39 is 0 Å². The molecule has 0 aliphatic heterocycles. The van der Waals surface area contributed by atoms with Gasteiger partial charge in [-0.3, -0.25) is 0 Å². The van der Waals surface area contributed by atoms with Crippen molar-refractivity contribution in [2.24, 2.45) is 36.6 Å². The number of aryl methyl sites for hydroxylation is 1. The van der Waals surface area contributed by atoms with Gasteiger partial charge in [0.15, 0.2) is 0 Å². The summed E-state index contributed by atoms with van der Waals surface area (Å²) in [7, 11) is 1.97. The topological polar surface area (TPSA) is 38.0 Å². The quantitative estimate of drug-likeness (QED) is 0.821. The van der Waals surface area contributed by atoms with E-state index in [1.54, 1.807) is 6.20 Å². The number of hydrogen-bond donors (Lipinski definition) is 1. The van der Waals surface area contributed by atoms with E-state index in [9.17, 15) is 5.11 Å². The molecule has 5 unspecified atom stereocenters. The van der Waals surface area contributed by atoms with Gasteiger partial charge in [0, 0.05) is 19.4 Å². The van der Waals surface area contributed by atoms with Gasteiger partial charge in [0.05, 0.1) is 0 Å². The lowest BCUT2D eigenvalue weighted by atomic mass is 9.98. The molecular weight excluding hydrogens is 200 g/mol. The highest BCUT2D eigenvalue weighted by Crippen LogP contribution is 2.72. The third kappa shape index (κ3) is 1.000. The zero-order chi connectivity index (χ0) is 10.9. The minimum absolute atomic E-state index is 0.321. The minimum Gasteiger partial charge on any atom is -0.385 e. The van der Waals surface area contributed by atoms with Crippen LogP contribution in [-0.2, 0) is 7.05 Å². The first-order valence-corrected chi connectivity index (χ1v) is 6.42. The number of aromatic nitrogens is 2. The van der Waals surface area contributed by atoms with Gasteiger partial charge in [0.2, 0.25) is 0 Å². The van der Waals surface area contributed by atoms with Crippen LogP contribution < -0.4 is 0 Å². The molecule has 86 valence electrons. The molecule has 2 bridgehead atoms. The minimum atomic E-state index is -0.321. The Morgan fingerprint density at radius 1 is 1.38 bits per heavy atom. The smallest absolute Gasteiger partial charge is 0.137 e. The van der Waals surface area contributed by atoms with E-state index in [0.29, 0.717) is 5.92 Å². The molecule has 0 aromatic carbocycles. The second kappa shape index (κ2) is 2.89. The molecule has 1 aromatic heterocycles. The molecule has 3 saturated carbocycles. The van der Waals surface area contributed by atoms with Crippen LogP contribution in [0.4, 0.5) is 0 Å². The van der Waals surface area contributed by atoms with Crippen LogP contribution in [0.3, 0.4) is 0 Å². The molecule has 4 rings (SSSR count). The van der Waals surface area contributed by atoms with Crippen molar-refractivity contribution in [3.63, 3.8) is 0 Å².